The summed E-state index contributed by atoms with van der Waals surface area (Å²) in [5.41, 5.74) is 1.96. The lowest BCUT2D eigenvalue weighted by molar-refractivity contribution is 0.0936. The van der Waals surface area contributed by atoms with Crippen molar-refractivity contribution in [3.05, 3.63) is 70.6 Å². The molecule has 1 aromatic heterocycles. The molecule has 0 aliphatic heterocycles. The van der Waals surface area contributed by atoms with E-state index < -0.39 is 0 Å². The average molecular weight is 317 g/mol. The number of carbonyl (C=O) groups is 1. The zero-order valence-corrected chi connectivity index (χ0v) is 12.6. The fourth-order valence-corrected chi connectivity index (χ4v) is 2.67. The van der Waals surface area contributed by atoms with Gasteiger partial charge in [0.25, 0.3) is 5.91 Å². The lowest BCUT2D eigenvalue weighted by Gasteiger charge is -2.14. The van der Waals surface area contributed by atoms with Crippen LogP contribution in [0.5, 0.6) is 0 Å². The molecule has 3 rings (SSSR count). The van der Waals surface area contributed by atoms with Crippen molar-refractivity contribution in [1.82, 2.24) is 10.3 Å². The predicted molar refractivity (Wildman–Crippen MR) is 85.6 cm³/mol. The molecule has 0 unspecified atom stereocenters. The molecule has 2 aromatic carbocycles. The molecule has 3 aromatic rings. The van der Waals surface area contributed by atoms with Gasteiger partial charge in [-0.3, -0.25) is 4.79 Å². The summed E-state index contributed by atoms with van der Waals surface area (Å²) in [7, 11) is 0. The number of hydrogen-bond donors (Lipinski definition) is 2. The molecule has 0 bridgehead atoms. The summed E-state index contributed by atoms with van der Waals surface area (Å²) >= 11 is 6.26. The van der Waals surface area contributed by atoms with Crippen molar-refractivity contribution in [2.45, 2.75) is 13.0 Å². The molecular formula is C17H14ClFN2O. The van der Waals surface area contributed by atoms with Gasteiger partial charge in [0.05, 0.1) is 11.1 Å². The number of hydrogen-bond acceptors (Lipinski definition) is 1. The second-order valence-electron chi connectivity index (χ2n) is 5.11. The van der Waals surface area contributed by atoms with Crippen LogP contribution in [0, 0.1) is 5.82 Å². The van der Waals surface area contributed by atoms with Gasteiger partial charge in [0.15, 0.2) is 0 Å². The number of fused-ring (bicyclic) bond motifs is 1. The number of para-hydroxylation sites is 1. The molecule has 3 nitrogen and oxygen atoms in total. The number of rotatable bonds is 3. The van der Waals surface area contributed by atoms with E-state index in [0.717, 1.165) is 16.5 Å². The number of H-pyrrole nitrogens is 1. The Hall–Kier alpha value is -2.33. The van der Waals surface area contributed by atoms with Gasteiger partial charge in [-0.1, -0.05) is 41.9 Å². The van der Waals surface area contributed by atoms with Gasteiger partial charge in [0.1, 0.15) is 11.5 Å². The molecule has 5 heteroatoms. The van der Waals surface area contributed by atoms with E-state index >= 15 is 0 Å². The maximum Gasteiger partial charge on any atom is 0.269 e. The highest BCUT2D eigenvalue weighted by Crippen LogP contribution is 2.27. The van der Waals surface area contributed by atoms with Gasteiger partial charge in [-0.15, -0.1) is 0 Å². The second-order valence-corrected chi connectivity index (χ2v) is 5.48. The minimum Gasteiger partial charge on any atom is -0.349 e. The third kappa shape index (κ3) is 2.70. The largest absolute Gasteiger partial charge is 0.349 e. The van der Waals surface area contributed by atoms with Crippen molar-refractivity contribution in [3.8, 4) is 0 Å². The Kier molecular flexibility index (Phi) is 3.86. The summed E-state index contributed by atoms with van der Waals surface area (Å²) in [6.45, 7) is 1.84. The molecule has 1 atom stereocenters. The molecule has 0 aliphatic carbocycles. The molecule has 1 amide bonds. The Morgan fingerprint density at radius 2 is 1.86 bits per heavy atom. The van der Waals surface area contributed by atoms with Gasteiger partial charge in [0, 0.05) is 10.9 Å². The quantitative estimate of drug-likeness (QED) is 0.736. The van der Waals surface area contributed by atoms with E-state index in [0.29, 0.717) is 10.7 Å². The average Bonchev–Trinajstić information content (AvgIpc) is 2.85. The smallest absolute Gasteiger partial charge is 0.269 e. The van der Waals surface area contributed by atoms with Crippen LogP contribution in [0.3, 0.4) is 0 Å². The van der Waals surface area contributed by atoms with Crippen LogP contribution in [0.25, 0.3) is 10.9 Å². The first-order valence-electron chi connectivity index (χ1n) is 6.89. The van der Waals surface area contributed by atoms with Crippen molar-refractivity contribution in [2.24, 2.45) is 0 Å². The highest BCUT2D eigenvalue weighted by Gasteiger charge is 2.18. The van der Waals surface area contributed by atoms with Crippen LogP contribution in [-0.4, -0.2) is 10.9 Å². The van der Waals surface area contributed by atoms with Crippen molar-refractivity contribution in [2.75, 3.05) is 0 Å². The summed E-state index contributed by atoms with van der Waals surface area (Å²) in [5, 5.41) is 4.07. The highest BCUT2D eigenvalue weighted by molar-refractivity contribution is 6.38. The van der Waals surface area contributed by atoms with E-state index in [1.807, 2.05) is 31.2 Å². The standard InChI is InChI=1S/C17H14ClFN2O/c1-10(11-6-8-12(19)9-7-11)20-17(22)16-15(18)13-4-2-3-5-14(13)21-16/h2-10,21H,1H3,(H,20,22)/t10-/m1/s1. The van der Waals surface area contributed by atoms with Crippen LogP contribution >= 0.6 is 11.6 Å². The molecule has 0 radical (unpaired) electrons. The molecule has 0 saturated carbocycles. The fraction of sp³-hybridized carbons (Fsp3) is 0.118. The van der Waals surface area contributed by atoms with Crippen LogP contribution in [0.1, 0.15) is 29.0 Å². The van der Waals surface area contributed by atoms with Crippen LogP contribution in [-0.2, 0) is 0 Å². The Morgan fingerprint density at radius 1 is 1.18 bits per heavy atom. The van der Waals surface area contributed by atoms with Crippen molar-refractivity contribution >= 4 is 28.4 Å². The summed E-state index contributed by atoms with van der Waals surface area (Å²) in [6.07, 6.45) is 0. The molecule has 1 heterocycles. The number of benzene rings is 2. The lowest BCUT2D eigenvalue weighted by Crippen LogP contribution is -2.27. The number of aromatic nitrogens is 1. The van der Waals surface area contributed by atoms with E-state index in [-0.39, 0.29) is 17.8 Å². The van der Waals surface area contributed by atoms with Crippen LogP contribution in [0.4, 0.5) is 4.39 Å². The third-order valence-corrected chi connectivity index (χ3v) is 3.98. The zero-order chi connectivity index (χ0) is 15.7. The third-order valence-electron chi connectivity index (χ3n) is 3.59. The van der Waals surface area contributed by atoms with E-state index in [4.69, 9.17) is 11.6 Å². The van der Waals surface area contributed by atoms with Crippen LogP contribution in [0.15, 0.2) is 48.5 Å². The van der Waals surface area contributed by atoms with Gasteiger partial charge in [-0.25, -0.2) is 4.39 Å². The molecule has 22 heavy (non-hydrogen) atoms. The van der Waals surface area contributed by atoms with Crippen molar-refractivity contribution in [3.63, 3.8) is 0 Å². The number of aromatic amines is 1. The van der Waals surface area contributed by atoms with E-state index in [9.17, 15) is 9.18 Å². The molecule has 0 fully saturated rings. The Balaban J connectivity index is 1.84. The first-order valence-corrected chi connectivity index (χ1v) is 7.26. The molecule has 0 spiro atoms. The van der Waals surface area contributed by atoms with Gasteiger partial charge in [0.2, 0.25) is 0 Å². The van der Waals surface area contributed by atoms with E-state index in [2.05, 4.69) is 10.3 Å². The van der Waals surface area contributed by atoms with Gasteiger partial charge < -0.3 is 10.3 Å². The topological polar surface area (TPSA) is 44.9 Å². The Bertz CT molecular complexity index is 826. The van der Waals surface area contributed by atoms with E-state index in [1.54, 1.807) is 12.1 Å². The number of halogens is 2. The highest BCUT2D eigenvalue weighted by atomic mass is 35.5. The van der Waals surface area contributed by atoms with Crippen molar-refractivity contribution < 1.29 is 9.18 Å². The normalized spacial score (nSPS) is 12.3. The van der Waals surface area contributed by atoms with Crippen LogP contribution < -0.4 is 5.32 Å². The Morgan fingerprint density at radius 3 is 2.55 bits per heavy atom. The first-order chi connectivity index (χ1) is 10.6. The molecule has 112 valence electrons. The second kappa shape index (κ2) is 5.81. The van der Waals surface area contributed by atoms with Gasteiger partial charge >= 0.3 is 0 Å². The monoisotopic (exact) mass is 316 g/mol. The first kappa shape index (κ1) is 14.6. The summed E-state index contributed by atoms with van der Waals surface area (Å²) in [4.78, 5) is 15.4. The number of nitrogens with one attached hydrogen (secondary N) is 2. The predicted octanol–water partition coefficient (Wildman–Crippen LogP) is 4.45. The summed E-state index contributed by atoms with van der Waals surface area (Å²) in [5.74, 6) is -0.598. The molecule has 0 aliphatic rings. The number of carbonyl (C=O) groups excluding carboxylic acids is 1. The summed E-state index contributed by atoms with van der Waals surface area (Å²) in [6, 6.07) is 13.2. The minimum absolute atomic E-state index is 0.254. The Labute approximate surface area is 132 Å². The SMILES string of the molecule is C[C@@H](NC(=O)c1[nH]c2ccccc2c1Cl)c1ccc(F)cc1. The minimum atomic E-state index is -0.305. The van der Waals surface area contributed by atoms with Gasteiger partial charge in [-0.05, 0) is 30.7 Å². The molecular weight excluding hydrogens is 303 g/mol. The summed E-state index contributed by atoms with van der Waals surface area (Å²) < 4.78 is 12.9. The van der Waals surface area contributed by atoms with Crippen molar-refractivity contribution in [1.29, 1.82) is 0 Å². The number of amides is 1. The lowest BCUT2D eigenvalue weighted by atomic mass is 10.1. The fourth-order valence-electron chi connectivity index (χ4n) is 2.37. The van der Waals surface area contributed by atoms with Crippen LogP contribution in [0.2, 0.25) is 5.02 Å². The molecule has 2 N–H and O–H groups in total. The van der Waals surface area contributed by atoms with Gasteiger partial charge in [-0.2, -0.15) is 0 Å². The molecule has 0 saturated heterocycles. The maximum absolute atomic E-state index is 12.9. The maximum atomic E-state index is 12.9. The van der Waals surface area contributed by atoms with E-state index in [1.165, 1.54) is 12.1 Å². The zero-order valence-electron chi connectivity index (χ0n) is 11.9.